The Kier molecular flexibility index (Phi) is 2.68. The van der Waals surface area contributed by atoms with Gasteiger partial charge in [0.05, 0.1) is 11.4 Å². The van der Waals surface area contributed by atoms with Crippen LogP contribution >= 0.6 is 0 Å². The summed E-state index contributed by atoms with van der Waals surface area (Å²) in [7, 11) is 0. The number of hydrogen-bond acceptors (Lipinski definition) is 2. The van der Waals surface area contributed by atoms with Crippen LogP contribution in [0.25, 0.3) is 0 Å². The van der Waals surface area contributed by atoms with Crippen LogP contribution in [-0.2, 0) is 5.41 Å². The van der Waals surface area contributed by atoms with Crippen molar-refractivity contribution in [2.75, 3.05) is 5.73 Å². The van der Waals surface area contributed by atoms with Gasteiger partial charge in [0.25, 0.3) is 0 Å². The summed E-state index contributed by atoms with van der Waals surface area (Å²) in [6.07, 6.45) is 10.5. The van der Waals surface area contributed by atoms with Gasteiger partial charge in [0.1, 0.15) is 0 Å². The van der Waals surface area contributed by atoms with Crippen LogP contribution in [0, 0.1) is 17.8 Å². The van der Waals surface area contributed by atoms with Gasteiger partial charge in [0.15, 0.2) is 0 Å². The van der Waals surface area contributed by atoms with Gasteiger partial charge in [-0.3, -0.25) is 4.98 Å². The van der Waals surface area contributed by atoms with E-state index < -0.39 is 0 Å². The molecule has 4 aliphatic carbocycles. The molecule has 0 unspecified atom stereocenters. The lowest BCUT2D eigenvalue weighted by Crippen LogP contribution is -2.49. The van der Waals surface area contributed by atoms with Gasteiger partial charge in [0.2, 0.25) is 0 Å². The van der Waals surface area contributed by atoms with Crippen molar-refractivity contribution in [2.24, 2.45) is 17.8 Å². The zero-order valence-corrected chi connectivity index (χ0v) is 12.7. The minimum Gasteiger partial charge on any atom is -0.397 e. The molecule has 108 valence electrons. The maximum absolute atomic E-state index is 6.42. The molecule has 0 aliphatic heterocycles. The molecule has 5 rings (SSSR count). The molecule has 1 aromatic rings. The maximum atomic E-state index is 6.42. The molecule has 2 nitrogen and oxygen atoms in total. The Morgan fingerprint density at radius 2 is 1.65 bits per heavy atom. The quantitative estimate of drug-likeness (QED) is 0.872. The molecule has 2 N–H and O–H groups in total. The zero-order valence-electron chi connectivity index (χ0n) is 12.7. The van der Waals surface area contributed by atoms with Crippen LogP contribution in [0.15, 0.2) is 12.3 Å². The third-order valence-electron chi connectivity index (χ3n) is 6.15. The minimum atomic E-state index is 0.328. The molecule has 0 amide bonds. The number of aromatic nitrogens is 1. The summed E-state index contributed by atoms with van der Waals surface area (Å²) in [6.45, 7) is 4.42. The van der Waals surface area contributed by atoms with Crippen LogP contribution in [0.1, 0.15) is 69.5 Å². The molecule has 1 aromatic heterocycles. The summed E-state index contributed by atoms with van der Waals surface area (Å²) in [4.78, 5) is 4.86. The van der Waals surface area contributed by atoms with Crippen molar-refractivity contribution >= 4 is 5.69 Å². The molecule has 0 radical (unpaired) electrons. The van der Waals surface area contributed by atoms with E-state index in [1.54, 1.807) is 0 Å². The van der Waals surface area contributed by atoms with Gasteiger partial charge < -0.3 is 5.73 Å². The highest BCUT2D eigenvalue weighted by molar-refractivity contribution is 5.50. The lowest BCUT2D eigenvalue weighted by molar-refractivity contribution is -0.00682. The second-order valence-electron chi connectivity index (χ2n) is 8.06. The normalized spacial score (nSPS) is 38.6. The first-order chi connectivity index (χ1) is 9.56. The fraction of sp³-hybridized carbons (Fsp3) is 0.722. The van der Waals surface area contributed by atoms with E-state index >= 15 is 0 Å². The highest BCUT2D eigenvalue weighted by Gasteiger charge is 2.52. The van der Waals surface area contributed by atoms with Gasteiger partial charge in [-0.1, -0.05) is 13.8 Å². The second-order valence-corrected chi connectivity index (χ2v) is 8.06. The predicted molar refractivity (Wildman–Crippen MR) is 82.6 cm³/mol. The maximum Gasteiger partial charge on any atom is 0.0694 e. The smallest absolute Gasteiger partial charge is 0.0694 e. The van der Waals surface area contributed by atoms with Crippen LogP contribution in [0.4, 0.5) is 5.69 Å². The number of nitrogen functional groups attached to an aromatic ring is 1. The Morgan fingerprint density at radius 3 is 2.10 bits per heavy atom. The number of hydrogen-bond donors (Lipinski definition) is 1. The summed E-state index contributed by atoms with van der Waals surface area (Å²) in [6, 6.07) is 2.19. The minimum absolute atomic E-state index is 0.328. The van der Waals surface area contributed by atoms with Crippen molar-refractivity contribution in [3.63, 3.8) is 0 Å². The number of nitrogens with two attached hydrogens (primary N) is 1. The van der Waals surface area contributed by atoms with E-state index in [9.17, 15) is 0 Å². The Labute approximate surface area is 122 Å². The Balaban J connectivity index is 1.73. The van der Waals surface area contributed by atoms with Crippen LogP contribution in [0.2, 0.25) is 0 Å². The first kappa shape index (κ1) is 12.7. The average molecular weight is 270 g/mol. The van der Waals surface area contributed by atoms with E-state index in [1.165, 1.54) is 49.8 Å². The first-order valence-electron chi connectivity index (χ1n) is 8.31. The van der Waals surface area contributed by atoms with Gasteiger partial charge in [-0.25, -0.2) is 0 Å². The molecule has 4 aliphatic rings. The van der Waals surface area contributed by atoms with Gasteiger partial charge in [0, 0.05) is 11.6 Å². The molecule has 4 fully saturated rings. The third-order valence-corrected chi connectivity index (χ3v) is 6.15. The summed E-state index contributed by atoms with van der Waals surface area (Å²) < 4.78 is 0. The summed E-state index contributed by atoms with van der Waals surface area (Å²) in [5.74, 6) is 3.36. The SMILES string of the molecule is CC(C)c1cnc(C23CC4CC(CC(C4)C2)C3)c(N)c1. The number of pyridine rings is 1. The molecular weight excluding hydrogens is 244 g/mol. The van der Waals surface area contributed by atoms with Crippen molar-refractivity contribution in [2.45, 2.75) is 63.7 Å². The standard InChI is InChI=1S/C18H26N2/c1-11(2)15-6-16(19)17(20-10-15)18-7-12-3-13(8-18)5-14(4-12)9-18/h6,10-14H,3-5,7-9,19H2,1-2H3. The molecule has 2 heteroatoms. The molecule has 1 heterocycles. The van der Waals surface area contributed by atoms with Gasteiger partial charge >= 0.3 is 0 Å². The molecule has 4 saturated carbocycles. The highest BCUT2D eigenvalue weighted by Crippen LogP contribution is 2.61. The van der Waals surface area contributed by atoms with Crippen molar-refractivity contribution in [1.82, 2.24) is 4.98 Å². The molecule has 0 saturated heterocycles. The Hall–Kier alpha value is -1.05. The van der Waals surface area contributed by atoms with Gasteiger partial charge in [-0.15, -0.1) is 0 Å². The van der Waals surface area contributed by atoms with Crippen LogP contribution in [0.3, 0.4) is 0 Å². The van der Waals surface area contributed by atoms with Crippen LogP contribution < -0.4 is 5.73 Å². The predicted octanol–water partition coefficient (Wildman–Crippen LogP) is 4.26. The van der Waals surface area contributed by atoms with Gasteiger partial charge in [-0.05, 0) is 73.8 Å². The highest BCUT2D eigenvalue weighted by atomic mass is 14.8. The molecule has 20 heavy (non-hydrogen) atoms. The fourth-order valence-corrected chi connectivity index (χ4v) is 5.66. The topological polar surface area (TPSA) is 38.9 Å². The fourth-order valence-electron chi connectivity index (χ4n) is 5.66. The third kappa shape index (κ3) is 1.80. The number of rotatable bonds is 2. The van der Waals surface area contributed by atoms with E-state index in [1.807, 2.05) is 0 Å². The Morgan fingerprint density at radius 1 is 1.10 bits per heavy atom. The summed E-state index contributed by atoms with van der Waals surface area (Å²) >= 11 is 0. The van der Waals surface area contributed by atoms with E-state index in [-0.39, 0.29) is 0 Å². The van der Waals surface area contributed by atoms with E-state index in [0.29, 0.717) is 11.3 Å². The molecule has 0 atom stereocenters. The van der Waals surface area contributed by atoms with Crippen LogP contribution in [-0.4, -0.2) is 4.98 Å². The number of nitrogens with zero attached hydrogens (tertiary/aromatic N) is 1. The molecule has 0 spiro atoms. The lowest BCUT2D eigenvalue weighted by Gasteiger charge is -2.56. The summed E-state index contributed by atoms with van der Waals surface area (Å²) in [5, 5.41) is 0. The van der Waals surface area contributed by atoms with Gasteiger partial charge in [-0.2, -0.15) is 0 Å². The monoisotopic (exact) mass is 270 g/mol. The second kappa shape index (κ2) is 4.22. The van der Waals surface area contributed by atoms with E-state index in [4.69, 9.17) is 10.7 Å². The van der Waals surface area contributed by atoms with Crippen molar-refractivity contribution in [1.29, 1.82) is 0 Å². The first-order valence-corrected chi connectivity index (χ1v) is 8.31. The zero-order chi connectivity index (χ0) is 13.9. The van der Waals surface area contributed by atoms with Crippen LogP contribution in [0.5, 0.6) is 0 Å². The molecule has 0 aromatic carbocycles. The van der Waals surface area contributed by atoms with Crippen molar-refractivity contribution in [3.8, 4) is 0 Å². The Bertz CT molecular complexity index is 497. The summed E-state index contributed by atoms with van der Waals surface area (Å²) in [5.41, 5.74) is 10.2. The lowest BCUT2D eigenvalue weighted by atomic mass is 9.48. The van der Waals surface area contributed by atoms with E-state index in [2.05, 4.69) is 26.1 Å². The van der Waals surface area contributed by atoms with Crippen molar-refractivity contribution < 1.29 is 0 Å². The van der Waals surface area contributed by atoms with E-state index in [0.717, 1.165) is 23.4 Å². The molecule has 4 bridgehead atoms. The average Bonchev–Trinajstić information content (AvgIpc) is 2.36. The molecular formula is C18H26N2. The largest absolute Gasteiger partial charge is 0.397 e. The number of anilines is 1. The van der Waals surface area contributed by atoms with Crippen molar-refractivity contribution in [3.05, 3.63) is 23.5 Å².